The largest absolute Gasteiger partial charge is 0.493 e. The molecule has 1 heterocycles. The number of methoxy groups -OCH3 is 3. The number of urea groups is 1. The summed E-state index contributed by atoms with van der Waals surface area (Å²) in [6.45, 7) is -0.279. The molecule has 0 unspecified atom stereocenters. The summed E-state index contributed by atoms with van der Waals surface area (Å²) < 4.78 is 25.2. The molecule has 0 aliphatic heterocycles. The number of hydrogen-bond donors (Lipinski definition) is 3. The van der Waals surface area contributed by atoms with Gasteiger partial charge in [0.15, 0.2) is 23.9 Å². The number of esters is 1. The molecule has 0 saturated carbocycles. The molecule has 0 atom stereocenters. The molecular weight excluding hydrogens is 426 g/mol. The molecule has 0 aliphatic rings. The fourth-order valence-electron chi connectivity index (χ4n) is 2.43. The maximum Gasteiger partial charge on any atom is 0.340 e. The third kappa shape index (κ3) is 6.74. The van der Waals surface area contributed by atoms with Crippen molar-refractivity contribution in [2.75, 3.05) is 46.4 Å². The number of imide groups is 1. The fourth-order valence-corrected chi connectivity index (χ4v) is 2.43. The number of benzene rings is 1. The van der Waals surface area contributed by atoms with Crippen molar-refractivity contribution in [1.29, 1.82) is 0 Å². The summed E-state index contributed by atoms with van der Waals surface area (Å²) in [6, 6.07) is 4.85. The molecule has 2 aromatic rings. The van der Waals surface area contributed by atoms with Crippen molar-refractivity contribution in [3.8, 4) is 11.5 Å². The molecule has 0 fully saturated rings. The fraction of sp³-hybridized carbons (Fsp3) is 0.300. The van der Waals surface area contributed by atoms with Crippen molar-refractivity contribution in [2.24, 2.45) is 0 Å². The first-order valence-electron chi connectivity index (χ1n) is 9.24. The van der Waals surface area contributed by atoms with E-state index in [-0.39, 0.29) is 41.7 Å². The lowest BCUT2D eigenvalue weighted by Crippen LogP contribution is -2.42. The van der Waals surface area contributed by atoms with Gasteiger partial charge in [0, 0.05) is 25.8 Å². The zero-order chi connectivity index (χ0) is 23.5. The summed E-state index contributed by atoms with van der Waals surface area (Å²) in [5.74, 6) is -1.98. The second-order valence-electron chi connectivity index (χ2n) is 6.06. The van der Waals surface area contributed by atoms with Crippen molar-refractivity contribution in [1.82, 2.24) is 10.6 Å². The van der Waals surface area contributed by atoms with Gasteiger partial charge in [-0.15, -0.1) is 0 Å². The van der Waals surface area contributed by atoms with Crippen LogP contribution in [0.15, 0.2) is 34.9 Å². The van der Waals surface area contributed by atoms with Crippen molar-refractivity contribution in [2.45, 2.75) is 0 Å². The zero-order valence-electron chi connectivity index (χ0n) is 17.7. The van der Waals surface area contributed by atoms with E-state index in [0.29, 0.717) is 0 Å². The Morgan fingerprint density at radius 1 is 1.03 bits per heavy atom. The topological polar surface area (TPSA) is 154 Å². The van der Waals surface area contributed by atoms with Crippen LogP contribution in [0, 0.1) is 0 Å². The molecule has 0 saturated heterocycles. The molecule has 2 rings (SSSR count). The van der Waals surface area contributed by atoms with Crippen LogP contribution < -0.4 is 25.4 Å². The molecular formula is C20H23N3O9. The summed E-state index contributed by atoms with van der Waals surface area (Å²) in [7, 11) is 4.21. The van der Waals surface area contributed by atoms with Crippen molar-refractivity contribution in [3.63, 3.8) is 0 Å². The first-order chi connectivity index (χ1) is 15.4. The Hall–Kier alpha value is -4.06. The number of anilines is 1. The molecule has 12 heteroatoms. The van der Waals surface area contributed by atoms with E-state index in [1.54, 1.807) is 0 Å². The number of rotatable bonds is 10. The Morgan fingerprint density at radius 3 is 2.38 bits per heavy atom. The number of carbonyl (C=O) groups excluding carboxylic acids is 4. The first kappa shape index (κ1) is 24.2. The third-order valence-electron chi connectivity index (χ3n) is 3.92. The summed E-state index contributed by atoms with van der Waals surface area (Å²) in [6.07, 6.45) is 1.32. The minimum absolute atomic E-state index is 0.0120. The summed E-state index contributed by atoms with van der Waals surface area (Å²) in [4.78, 5) is 48.4. The van der Waals surface area contributed by atoms with E-state index in [0.717, 1.165) is 0 Å². The highest BCUT2D eigenvalue weighted by atomic mass is 16.5. The number of furan rings is 1. The van der Waals surface area contributed by atoms with Crippen LogP contribution in [0.25, 0.3) is 0 Å². The highest BCUT2D eigenvalue weighted by molar-refractivity contribution is 6.07. The number of carbonyl (C=O) groups is 4. The maximum atomic E-state index is 12.6. The molecule has 0 aliphatic carbocycles. The van der Waals surface area contributed by atoms with Gasteiger partial charge in [-0.2, -0.15) is 0 Å². The van der Waals surface area contributed by atoms with Gasteiger partial charge < -0.3 is 34.0 Å². The van der Waals surface area contributed by atoms with Crippen LogP contribution in [0.2, 0.25) is 0 Å². The van der Waals surface area contributed by atoms with Crippen LogP contribution in [0.3, 0.4) is 0 Å². The van der Waals surface area contributed by atoms with Gasteiger partial charge in [-0.3, -0.25) is 14.9 Å². The molecule has 0 bridgehead atoms. The predicted octanol–water partition coefficient (Wildman–Crippen LogP) is 1.18. The van der Waals surface area contributed by atoms with Crippen LogP contribution in [-0.2, 0) is 14.3 Å². The molecule has 4 amide bonds. The Morgan fingerprint density at radius 2 is 1.75 bits per heavy atom. The van der Waals surface area contributed by atoms with Gasteiger partial charge in [0.2, 0.25) is 0 Å². The number of nitrogens with one attached hydrogen (secondary N) is 3. The SMILES string of the molecule is COCCNC(=O)NC(=O)COC(=O)c1cc(OC)c(OC)cc1NC(=O)c1ccco1. The molecule has 0 radical (unpaired) electrons. The lowest BCUT2D eigenvalue weighted by atomic mass is 10.1. The van der Waals surface area contributed by atoms with E-state index in [9.17, 15) is 19.2 Å². The predicted molar refractivity (Wildman–Crippen MR) is 110 cm³/mol. The number of amides is 4. The van der Waals surface area contributed by atoms with E-state index < -0.39 is 30.4 Å². The standard InChI is InChI=1S/C20H23N3O9/c1-28-8-6-21-20(27)23-17(24)11-32-19(26)12-9-15(29-2)16(30-3)10-13(12)22-18(25)14-5-4-7-31-14/h4-5,7,9-10H,6,8,11H2,1-3H3,(H,22,25)(H2,21,23,24,27). The second kappa shape index (κ2) is 12.0. The minimum atomic E-state index is -0.948. The summed E-state index contributed by atoms with van der Waals surface area (Å²) >= 11 is 0. The minimum Gasteiger partial charge on any atom is -0.493 e. The lowest BCUT2D eigenvalue weighted by molar-refractivity contribution is -0.123. The van der Waals surface area contributed by atoms with E-state index in [2.05, 4.69) is 10.6 Å². The third-order valence-corrected chi connectivity index (χ3v) is 3.92. The molecule has 1 aromatic carbocycles. The van der Waals surface area contributed by atoms with Crippen LogP contribution in [0.4, 0.5) is 10.5 Å². The first-order valence-corrected chi connectivity index (χ1v) is 9.24. The zero-order valence-corrected chi connectivity index (χ0v) is 17.7. The van der Waals surface area contributed by atoms with Gasteiger partial charge in [0.05, 0.1) is 38.3 Å². The van der Waals surface area contributed by atoms with Crippen molar-refractivity contribution >= 4 is 29.5 Å². The van der Waals surface area contributed by atoms with Crippen molar-refractivity contribution in [3.05, 3.63) is 41.9 Å². The Labute approximate surface area is 183 Å². The van der Waals surface area contributed by atoms with E-state index in [4.69, 9.17) is 23.4 Å². The van der Waals surface area contributed by atoms with Gasteiger partial charge in [0.25, 0.3) is 11.8 Å². The second-order valence-corrected chi connectivity index (χ2v) is 6.06. The molecule has 0 spiro atoms. The highest BCUT2D eigenvalue weighted by Gasteiger charge is 2.22. The Bertz CT molecular complexity index is 957. The lowest BCUT2D eigenvalue weighted by Gasteiger charge is -2.15. The van der Waals surface area contributed by atoms with Crippen molar-refractivity contribution < 1.29 is 42.5 Å². The molecule has 1 aromatic heterocycles. The number of hydrogen-bond acceptors (Lipinski definition) is 9. The van der Waals surface area contributed by atoms with Crippen LogP contribution >= 0.6 is 0 Å². The van der Waals surface area contributed by atoms with Gasteiger partial charge in [-0.1, -0.05) is 0 Å². The normalized spacial score (nSPS) is 10.1. The van der Waals surface area contributed by atoms with Crippen LogP contribution in [-0.4, -0.2) is 64.9 Å². The quantitative estimate of drug-likeness (QED) is 0.358. The Kier molecular flexibility index (Phi) is 9.05. The van der Waals surface area contributed by atoms with Gasteiger partial charge in [0.1, 0.15) is 0 Å². The smallest absolute Gasteiger partial charge is 0.340 e. The van der Waals surface area contributed by atoms with E-state index in [1.807, 2.05) is 5.32 Å². The van der Waals surface area contributed by atoms with Gasteiger partial charge >= 0.3 is 12.0 Å². The van der Waals surface area contributed by atoms with E-state index in [1.165, 1.54) is 51.9 Å². The average Bonchev–Trinajstić information content (AvgIpc) is 3.32. The summed E-state index contributed by atoms with van der Waals surface area (Å²) in [5, 5.41) is 6.91. The highest BCUT2D eigenvalue weighted by Crippen LogP contribution is 2.34. The molecule has 3 N–H and O–H groups in total. The average molecular weight is 449 g/mol. The molecule has 32 heavy (non-hydrogen) atoms. The van der Waals surface area contributed by atoms with Gasteiger partial charge in [-0.05, 0) is 12.1 Å². The monoisotopic (exact) mass is 449 g/mol. The van der Waals surface area contributed by atoms with Crippen LogP contribution in [0.5, 0.6) is 11.5 Å². The van der Waals surface area contributed by atoms with E-state index >= 15 is 0 Å². The molecule has 12 nitrogen and oxygen atoms in total. The Balaban J connectivity index is 2.11. The van der Waals surface area contributed by atoms with Crippen LogP contribution in [0.1, 0.15) is 20.9 Å². The molecule has 172 valence electrons. The summed E-state index contributed by atoms with van der Waals surface area (Å²) in [5.41, 5.74) is -0.0772. The maximum absolute atomic E-state index is 12.6. The number of ether oxygens (including phenoxy) is 4. The van der Waals surface area contributed by atoms with Gasteiger partial charge in [-0.25, -0.2) is 9.59 Å².